The van der Waals surface area contributed by atoms with Crippen molar-refractivity contribution in [2.75, 3.05) is 11.9 Å². The average Bonchev–Trinajstić information content (AvgIpc) is 3.10. The fraction of sp³-hybridized carbons (Fsp3) is 0.412. The number of nitrogens with zero attached hydrogens (tertiary/aromatic N) is 4. The number of amides is 3. The summed E-state index contributed by atoms with van der Waals surface area (Å²) in [6.45, 7) is 1.20. The molecule has 3 rings (SSSR count). The molecule has 13 heteroatoms. The smallest absolute Gasteiger partial charge is 0.339 e. The Morgan fingerprint density at radius 1 is 1.20 bits per heavy atom. The van der Waals surface area contributed by atoms with Crippen LogP contribution in [0.4, 0.5) is 32.4 Å². The summed E-state index contributed by atoms with van der Waals surface area (Å²) < 4.78 is 65.1. The number of hydrogen-bond donors (Lipinski definition) is 2. The molecule has 30 heavy (non-hydrogen) atoms. The molecule has 0 radical (unpaired) electrons. The van der Waals surface area contributed by atoms with E-state index in [4.69, 9.17) is 0 Å². The maximum absolute atomic E-state index is 12.7. The number of hydrogen-bond acceptors (Lipinski definition) is 4. The van der Waals surface area contributed by atoms with Gasteiger partial charge in [0, 0.05) is 25.0 Å². The molecule has 162 valence electrons. The number of carbonyl (C=O) groups excluding carboxylic acids is 2. The number of anilines is 1. The second-order valence-corrected chi connectivity index (χ2v) is 6.59. The summed E-state index contributed by atoms with van der Waals surface area (Å²) in [5, 5.41) is 4.30. The molecule has 0 saturated carbocycles. The molecule has 0 spiro atoms. The SMILES string of the molecule is CC(NC(=O)c1ncn2c1CN(C(=O)Nc1ccnc(C(F)F)c1)CC2)C(F)(F)F. The van der Waals surface area contributed by atoms with Crippen molar-refractivity contribution in [1.29, 1.82) is 0 Å². The van der Waals surface area contributed by atoms with Crippen molar-refractivity contribution in [1.82, 2.24) is 24.8 Å². The van der Waals surface area contributed by atoms with Gasteiger partial charge in [0.1, 0.15) is 11.7 Å². The molecule has 2 aromatic rings. The highest BCUT2D eigenvalue weighted by Gasteiger charge is 2.38. The molecule has 2 aromatic heterocycles. The maximum atomic E-state index is 12.7. The van der Waals surface area contributed by atoms with E-state index in [2.05, 4.69) is 15.3 Å². The van der Waals surface area contributed by atoms with Gasteiger partial charge in [0.2, 0.25) is 0 Å². The van der Waals surface area contributed by atoms with E-state index < -0.39 is 36.3 Å². The third kappa shape index (κ3) is 4.66. The Balaban J connectivity index is 1.71. The zero-order chi connectivity index (χ0) is 22.1. The number of fused-ring (bicyclic) bond motifs is 1. The molecule has 3 heterocycles. The van der Waals surface area contributed by atoms with Gasteiger partial charge in [-0.15, -0.1) is 0 Å². The molecule has 3 amide bonds. The largest absolute Gasteiger partial charge is 0.408 e. The monoisotopic (exact) mass is 432 g/mol. The van der Waals surface area contributed by atoms with E-state index in [-0.39, 0.29) is 36.7 Å². The number of alkyl halides is 5. The number of nitrogens with one attached hydrogen (secondary N) is 2. The third-order valence-corrected chi connectivity index (χ3v) is 4.49. The Hall–Kier alpha value is -3.25. The van der Waals surface area contributed by atoms with Gasteiger partial charge in [-0.3, -0.25) is 9.78 Å². The number of carbonyl (C=O) groups is 2. The maximum Gasteiger partial charge on any atom is 0.408 e. The van der Waals surface area contributed by atoms with Crippen LogP contribution in [0.25, 0.3) is 0 Å². The summed E-state index contributed by atoms with van der Waals surface area (Å²) in [4.78, 5) is 33.4. The van der Waals surface area contributed by atoms with Crippen LogP contribution in [0.15, 0.2) is 24.7 Å². The van der Waals surface area contributed by atoms with Gasteiger partial charge in [-0.25, -0.2) is 18.6 Å². The first-order valence-electron chi connectivity index (χ1n) is 8.78. The highest BCUT2D eigenvalue weighted by molar-refractivity contribution is 5.94. The van der Waals surface area contributed by atoms with E-state index in [9.17, 15) is 31.5 Å². The van der Waals surface area contributed by atoms with E-state index >= 15 is 0 Å². The lowest BCUT2D eigenvalue weighted by Gasteiger charge is -2.29. The van der Waals surface area contributed by atoms with Crippen molar-refractivity contribution in [2.45, 2.75) is 38.7 Å². The predicted molar refractivity (Wildman–Crippen MR) is 93.8 cm³/mol. The summed E-state index contributed by atoms with van der Waals surface area (Å²) in [7, 11) is 0. The molecule has 1 aliphatic rings. The normalized spacial score (nSPS) is 15.0. The topological polar surface area (TPSA) is 92.2 Å². The molecule has 2 N–H and O–H groups in total. The van der Waals surface area contributed by atoms with E-state index in [1.54, 1.807) is 4.57 Å². The van der Waals surface area contributed by atoms with E-state index in [0.717, 1.165) is 19.2 Å². The van der Waals surface area contributed by atoms with Crippen LogP contribution in [-0.4, -0.2) is 50.1 Å². The number of aromatic nitrogens is 3. The standard InChI is InChI=1S/C17H17F5N6O2/c1-9(17(20,21)22)25-15(29)13-12-7-27(4-5-28(12)8-24-13)16(30)26-10-2-3-23-11(6-10)14(18)19/h2-3,6,8-9,14H,4-5,7H2,1H3,(H,25,29)(H,23,26,30). The highest BCUT2D eigenvalue weighted by Crippen LogP contribution is 2.23. The second-order valence-electron chi connectivity index (χ2n) is 6.59. The van der Waals surface area contributed by atoms with Gasteiger partial charge in [-0.2, -0.15) is 13.2 Å². The number of halogens is 5. The summed E-state index contributed by atoms with van der Waals surface area (Å²) in [5.41, 5.74) is -0.331. The minimum absolute atomic E-state index is 0.0955. The summed E-state index contributed by atoms with van der Waals surface area (Å²) in [6, 6.07) is -0.311. The van der Waals surface area contributed by atoms with Crippen molar-refractivity contribution >= 4 is 17.6 Å². The average molecular weight is 432 g/mol. The molecular formula is C17H17F5N6O2. The van der Waals surface area contributed by atoms with Gasteiger partial charge >= 0.3 is 12.2 Å². The van der Waals surface area contributed by atoms with Gasteiger partial charge in [-0.05, 0) is 19.1 Å². The molecule has 0 bridgehead atoms. The van der Waals surface area contributed by atoms with Crippen LogP contribution in [0, 0.1) is 0 Å². The molecule has 1 aliphatic heterocycles. The lowest BCUT2D eigenvalue weighted by atomic mass is 10.2. The number of pyridine rings is 1. The predicted octanol–water partition coefficient (Wildman–Crippen LogP) is 2.94. The van der Waals surface area contributed by atoms with Gasteiger partial charge < -0.3 is 20.1 Å². The molecule has 0 fully saturated rings. The molecule has 1 atom stereocenters. The van der Waals surface area contributed by atoms with Crippen molar-refractivity contribution in [2.24, 2.45) is 0 Å². The van der Waals surface area contributed by atoms with Crippen LogP contribution in [-0.2, 0) is 13.1 Å². The minimum atomic E-state index is -4.61. The molecule has 0 aliphatic carbocycles. The first kappa shape index (κ1) is 21.5. The van der Waals surface area contributed by atoms with Crippen molar-refractivity contribution in [3.05, 3.63) is 41.7 Å². The van der Waals surface area contributed by atoms with Crippen molar-refractivity contribution in [3.8, 4) is 0 Å². The van der Waals surface area contributed by atoms with Crippen LogP contribution in [0.3, 0.4) is 0 Å². The molecule has 0 saturated heterocycles. The fourth-order valence-electron chi connectivity index (χ4n) is 2.81. The van der Waals surface area contributed by atoms with Crippen LogP contribution in [0.2, 0.25) is 0 Å². The van der Waals surface area contributed by atoms with Gasteiger partial charge in [0.25, 0.3) is 12.3 Å². The number of imidazole rings is 1. The molecule has 0 aromatic carbocycles. The molecule has 8 nitrogen and oxygen atoms in total. The van der Waals surface area contributed by atoms with Crippen molar-refractivity contribution < 1.29 is 31.5 Å². The lowest BCUT2D eigenvalue weighted by molar-refractivity contribution is -0.149. The van der Waals surface area contributed by atoms with Gasteiger partial charge in [-0.1, -0.05) is 0 Å². The quantitative estimate of drug-likeness (QED) is 0.727. The van der Waals surface area contributed by atoms with Crippen LogP contribution in [0.5, 0.6) is 0 Å². The Morgan fingerprint density at radius 3 is 2.60 bits per heavy atom. The zero-order valence-corrected chi connectivity index (χ0v) is 15.6. The Morgan fingerprint density at radius 2 is 1.93 bits per heavy atom. The highest BCUT2D eigenvalue weighted by atomic mass is 19.4. The summed E-state index contributed by atoms with van der Waals surface area (Å²) in [5.74, 6) is -1.01. The minimum Gasteiger partial charge on any atom is -0.339 e. The van der Waals surface area contributed by atoms with E-state index in [1.807, 2.05) is 5.32 Å². The number of urea groups is 1. The zero-order valence-electron chi connectivity index (χ0n) is 15.6. The van der Waals surface area contributed by atoms with Crippen LogP contribution < -0.4 is 10.6 Å². The number of rotatable bonds is 4. The van der Waals surface area contributed by atoms with Gasteiger partial charge in [0.15, 0.2) is 5.69 Å². The summed E-state index contributed by atoms with van der Waals surface area (Å²) in [6.07, 6.45) is -4.96. The first-order valence-corrected chi connectivity index (χ1v) is 8.78. The Kier molecular flexibility index (Phi) is 5.89. The Labute approximate surface area is 167 Å². The Bertz CT molecular complexity index is 945. The van der Waals surface area contributed by atoms with Gasteiger partial charge in [0.05, 0.1) is 18.6 Å². The van der Waals surface area contributed by atoms with Crippen LogP contribution in [0.1, 0.15) is 35.2 Å². The van der Waals surface area contributed by atoms with E-state index in [1.165, 1.54) is 17.3 Å². The second kappa shape index (κ2) is 8.24. The fourth-order valence-corrected chi connectivity index (χ4v) is 2.81. The summed E-state index contributed by atoms with van der Waals surface area (Å²) >= 11 is 0. The third-order valence-electron chi connectivity index (χ3n) is 4.49. The molecular weight excluding hydrogens is 415 g/mol. The van der Waals surface area contributed by atoms with Crippen molar-refractivity contribution in [3.63, 3.8) is 0 Å². The lowest BCUT2D eigenvalue weighted by Crippen LogP contribution is -2.44. The first-order chi connectivity index (χ1) is 14.1. The van der Waals surface area contributed by atoms with E-state index in [0.29, 0.717) is 0 Å². The van der Waals surface area contributed by atoms with Crippen LogP contribution >= 0.6 is 0 Å². The molecule has 1 unspecified atom stereocenters.